The van der Waals surface area contributed by atoms with Crippen molar-refractivity contribution in [2.75, 3.05) is 19.6 Å². The Kier molecular flexibility index (Phi) is 7.09. The van der Waals surface area contributed by atoms with Crippen LogP contribution in [0.5, 0.6) is 0 Å². The van der Waals surface area contributed by atoms with E-state index in [0.29, 0.717) is 37.3 Å². The summed E-state index contributed by atoms with van der Waals surface area (Å²) in [7, 11) is -3.71. The number of sulfonamides is 1. The number of nitriles is 1. The highest BCUT2D eigenvalue weighted by molar-refractivity contribution is 7.89. The number of amides is 2. The van der Waals surface area contributed by atoms with Crippen LogP contribution in [-0.2, 0) is 10.0 Å². The van der Waals surface area contributed by atoms with Crippen LogP contribution in [0, 0.1) is 18.3 Å². The van der Waals surface area contributed by atoms with Gasteiger partial charge in [0.25, 0.3) is 11.8 Å². The summed E-state index contributed by atoms with van der Waals surface area (Å²) in [4.78, 5) is 26.8. The fraction of sp³-hybridized carbons (Fsp3) is 0.381. The van der Waals surface area contributed by atoms with Crippen molar-refractivity contribution in [3.8, 4) is 6.07 Å². The number of benzene rings is 1. The Bertz CT molecular complexity index is 1080. The maximum Gasteiger partial charge on any atom is 0.287 e. The smallest absolute Gasteiger partial charge is 0.287 e. The minimum atomic E-state index is -3.71. The second-order valence-electron chi connectivity index (χ2n) is 7.30. The van der Waals surface area contributed by atoms with Gasteiger partial charge >= 0.3 is 0 Å². The van der Waals surface area contributed by atoms with Crippen LogP contribution in [0.3, 0.4) is 0 Å². The topological polar surface area (TPSA) is 133 Å². The number of furan rings is 1. The molecule has 2 heterocycles. The molecule has 0 bridgehead atoms. The van der Waals surface area contributed by atoms with Crippen LogP contribution in [0.25, 0.3) is 0 Å². The van der Waals surface area contributed by atoms with Crippen LogP contribution in [0.2, 0.25) is 0 Å². The van der Waals surface area contributed by atoms with E-state index in [1.54, 1.807) is 17.9 Å². The van der Waals surface area contributed by atoms with Crippen molar-refractivity contribution in [2.24, 2.45) is 0 Å². The zero-order chi connectivity index (χ0) is 22.4. The Morgan fingerprint density at radius 1 is 1.19 bits per heavy atom. The Morgan fingerprint density at radius 3 is 2.45 bits per heavy atom. The molecule has 2 amide bonds. The van der Waals surface area contributed by atoms with Gasteiger partial charge in [-0.2, -0.15) is 5.26 Å². The molecule has 164 valence electrons. The van der Waals surface area contributed by atoms with Gasteiger partial charge < -0.3 is 14.6 Å². The molecule has 1 aromatic heterocycles. The quantitative estimate of drug-likeness (QED) is 0.626. The number of rotatable bonds is 7. The van der Waals surface area contributed by atoms with E-state index in [-0.39, 0.29) is 35.7 Å². The molecule has 9 nitrogen and oxygen atoms in total. The first kappa shape index (κ1) is 22.5. The molecule has 0 spiro atoms. The third kappa shape index (κ3) is 5.51. The molecule has 1 aliphatic rings. The number of piperidine rings is 1. The van der Waals surface area contributed by atoms with E-state index in [0.717, 1.165) is 5.56 Å². The monoisotopic (exact) mass is 444 g/mol. The van der Waals surface area contributed by atoms with Gasteiger partial charge in [0.2, 0.25) is 10.0 Å². The third-order valence-electron chi connectivity index (χ3n) is 5.13. The summed E-state index contributed by atoms with van der Waals surface area (Å²) in [6, 6.07) is 9.27. The number of aryl methyl sites for hydroxylation is 1. The maximum absolute atomic E-state index is 12.8. The van der Waals surface area contributed by atoms with E-state index >= 15 is 0 Å². The minimum Gasteiger partial charge on any atom is -0.459 e. The highest BCUT2D eigenvalue weighted by Crippen LogP contribution is 2.17. The van der Waals surface area contributed by atoms with Gasteiger partial charge in [-0.25, -0.2) is 13.1 Å². The van der Waals surface area contributed by atoms with E-state index in [2.05, 4.69) is 10.0 Å². The Morgan fingerprint density at radius 2 is 1.87 bits per heavy atom. The van der Waals surface area contributed by atoms with Crippen molar-refractivity contribution < 1.29 is 22.4 Å². The average molecular weight is 445 g/mol. The lowest BCUT2D eigenvalue weighted by Crippen LogP contribution is -2.46. The molecule has 0 radical (unpaired) electrons. The lowest BCUT2D eigenvalue weighted by atomic mass is 10.0. The predicted molar refractivity (Wildman–Crippen MR) is 112 cm³/mol. The molecular formula is C21H24N4O5S. The van der Waals surface area contributed by atoms with Crippen molar-refractivity contribution in [2.45, 2.75) is 37.1 Å². The molecule has 31 heavy (non-hydrogen) atoms. The van der Waals surface area contributed by atoms with E-state index in [1.807, 2.05) is 6.07 Å². The van der Waals surface area contributed by atoms with Crippen LogP contribution in [-0.4, -0.2) is 50.8 Å². The van der Waals surface area contributed by atoms with Gasteiger partial charge in [0.05, 0.1) is 17.2 Å². The lowest BCUT2D eigenvalue weighted by Gasteiger charge is -2.32. The summed E-state index contributed by atoms with van der Waals surface area (Å²) in [6.07, 6.45) is 2.79. The molecule has 1 fully saturated rings. The summed E-state index contributed by atoms with van der Waals surface area (Å²) < 4.78 is 31.9. The molecular weight excluding hydrogens is 420 g/mol. The maximum atomic E-state index is 12.8. The van der Waals surface area contributed by atoms with Crippen LogP contribution >= 0.6 is 0 Å². The molecule has 0 atom stereocenters. The summed E-state index contributed by atoms with van der Waals surface area (Å²) in [5, 5.41) is 11.5. The first-order valence-corrected chi connectivity index (χ1v) is 11.4. The second-order valence-corrected chi connectivity index (χ2v) is 9.07. The van der Waals surface area contributed by atoms with E-state index < -0.39 is 10.0 Å². The van der Waals surface area contributed by atoms with E-state index in [9.17, 15) is 18.0 Å². The number of hydrogen-bond donors (Lipinski definition) is 2. The largest absolute Gasteiger partial charge is 0.459 e. The fourth-order valence-corrected chi connectivity index (χ4v) is 4.40. The van der Waals surface area contributed by atoms with Crippen molar-refractivity contribution in [1.82, 2.24) is 14.9 Å². The average Bonchev–Trinajstić information content (AvgIpc) is 3.20. The molecule has 0 aliphatic carbocycles. The van der Waals surface area contributed by atoms with Gasteiger partial charge in [-0.15, -0.1) is 0 Å². The molecule has 0 unspecified atom stereocenters. The zero-order valence-corrected chi connectivity index (χ0v) is 17.9. The number of hydrogen-bond acceptors (Lipinski definition) is 6. The molecule has 10 heteroatoms. The SMILES string of the molecule is Cc1ccoc1C(=O)NC1CCN(C(=O)c2ccc(S(=O)(=O)NCCC#N)cc2)CC1. The highest BCUT2D eigenvalue weighted by atomic mass is 32.2. The zero-order valence-electron chi connectivity index (χ0n) is 17.1. The van der Waals surface area contributed by atoms with Gasteiger partial charge in [-0.1, -0.05) is 0 Å². The molecule has 1 aromatic carbocycles. The third-order valence-corrected chi connectivity index (χ3v) is 6.60. The van der Waals surface area contributed by atoms with Crippen molar-refractivity contribution in [3.63, 3.8) is 0 Å². The van der Waals surface area contributed by atoms with Crippen LogP contribution in [0.15, 0.2) is 45.9 Å². The number of nitrogens with zero attached hydrogens (tertiary/aromatic N) is 2. The lowest BCUT2D eigenvalue weighted by molar-refractivity contribution is 0.0695. The van der Waals surface area contributed by atoms with Crippen molar-refractivity contribution in [3.05, 3.63) is 53.5 Å². The van der Waals surface area contributed by atoms with Gasteiger partial charge in [0.1, 0.15) is 0 Å². The first-order chi connectivity index (χ1) is 14.8. The molecule has 3 rings (SSSR count). The van der Waals surface area contributed by atoms with Crippen molar-refractivity contribution in [1.29, 1.82) is 5.26 Å². The summed E-state index contributed by atoms with van der Waals surface area (Å²) in [5.41, 5.74) is 1.17. The first-order valence-electron chi connectivity index (χ1n) is 9.92. The number of nitrogens with one attached hydrogen (secondary N) is 2. The highest BCUT2D eigenvalue weighted by Gasteiger charge is 2.26. The molecule has 1 aliphatic heterocycles. The fourth-order valence-electron chi connectivity index (χ4n) is 3.37. The predicted octanol–water partition coefficient (Wildman–Crippen LogP) is 1.81. The normalized spacial score (nSPS) is 14.8. The van der Waals surface area contributed by atoms with Crippen LogP contribution in [0.1, 0.15) is 45.7 Å². The molecule has 2 aromatic rings. The standard InChI is InChI=1S/C21H24N4O5S/c1-15-9-14-30-19(15)20(26)24-17-7-12-25(13-8-17)21(27)16-3-5-18(6-4-16)31(28,29)23-11-2-10-22/h3-6,9,14,17,23H,2,7-8,11-13H2,1H3,(H,24,26). The van der Waals surface area contributed by atoms with Crippen molar-refractivity contribution >= 4 is 21.8 Å². The van der Waals surface area contributed by atoms with Gasteiger partial charge in [-0.3, -0.25) is 9.59 Å². The second kappa shape index (κ2) is 9.76. The Balaban J connectivity index is 1.54. The minimum absolute atomic E-state index is 0.0322. The van der Waals surface area contributed by atoms with E-state index in [4.69, 9.17) is 9.68 Å². The van der Waals surface area contributed by atoms with Gasteiger partial charge in [-0.05, 0) is 50.1 Å². The Hall–Kier alpha value is -3.16. The van der Waals surface area contributed by atoms with Crippen LogP contribution in [0.4, 0.5) is 0 Å². The summed E-state index contributed by atoms with van der Waals surface area (Å²) in [5.74, 6) is -0.142. The summed E-state index contributed by atoms with van der Waals surface area (Å²) in [6.45, 7) is 2.80. The molecule has 1 saturated heterocycles. The number of likely N-dealkylation sites (tertiary alicyclic amines) is 1. The molecule has 2 N–H and O–H groups in total. The number of carbonyl (C=O) groups excluding carboxylic acids is 2. The number of carbonyl (C=O) groups is 2. The van der Waals surface area contributed by atoms with Gasteiger partial charge in [0, 0.05) is 43.2 Å². The summed E-state index contributed by atoms with van der Waals surface area (Å²) >= 11 is 0. The van der Waals surface area contributed by atoms with Crippen LogP contribution < -0.4 is 10.0 Å². The Labute approximate surface area is 181 Å². The molecule has 0 saturated carbocycles. The van der Waals surface area contributed by atoms with E-state index in [1.165, 1.54) is 30.5 Å². The van der Waals surface area contributed by atoms with Gasteiger partial charge in [0.15, 0.2) is 5.76 Å².